The zero-order valence-corrected chi connectivity index (χ0v) is 16.3. The molecule has 0 atom stereocenters. The number of ether oxygens (including phenoxy) is 1. The minimum atomic E-state index is -0.453. The number of carbonyl (C=O) groups excluding carboxylic acids is 1. The molecule has 0 unspecified atom stereocenters. The van der Waals surface area contributed by atoms with E-state index in [0.29, 0.717) is 6.61 Å². The number of halogens is 1. The van der Waals surface area contributed by atoms with Crippen LogP contribution in [0, 0.1) is 5.41 Å². The van der Waals surface area contributed by atoms with Gasteiger partial charge in [-0.3, -0.25) is 4.79 Å². The first-order valence-electron chi connectivity index (χ1n) is 8.66. The SMILES string of the molecule is COCC1(C(=O)Nc2ccc(Sc3ccccc3Cl)cc2)CCNCC1. The normalized spacial score (nSPS) is 16.2. The van der Waals surface area contributed by atoms with Gasteiger partial charge >= 0.3 is 0 Å². The van der Waals surface area contributed by atoms with Crippen molar-refractivity contribution >= 4 is 35.0 Å². The summed E-state index contributed by atoms with van der Waals surface area (Å²) in [7, 11) is 1.65. The zero-order chi connectivity index (χ0) is 18.4. The fourth-order valence-electron chi connectivity index (χ4n) is 3.14. The average Bonchev–Trinajstić information content (AvgIpc) is 2.66. The highest BCUT2D eigenvalue weighted by molar-refractivity contribution is 7.99. The molecule has 0 radical (unpaired) electrons. The van der Waals surface area contributed by atoms with Gasteiger partial charge in [-0.05, 0) is 62.3 Å². The molecule has 1 heterocycles. The standard InChI is InChI=1S/C20H23ClN2O2S/c1-25-14-20(10-12-22-13-11-20)19(24)23-15-6-8-16(9-7-15)26-18-5-3-2-4-17(18)21/h2-9,22H,10-14H2,1H3,(H,23,24). The molecule has 6 heteroatoms. The fourth-order valence-corrected chi connectivity index (χ4v) is 4.23. The lowest BCUT2D eigenvalue weighted by atomic mass is 9.78. The Hall–Kier alpha value is -1.53. The van der Waals surface area contributed by atoms with Crippen molar-refractivity contribution in [2.45, 2.75) is 22.6 Å². The van der Waals surface area contributed by atoms with Crippen LogP contribution < -0.4 is 10.6 Å². The molecule has 0 saturated carbocycles. The lowest BCUT2D eigenvalue weighted by Gasteiger charge is -2.35. The third-order valence-corrected chi connectivity index (χ3v) is 6.17. The molecule has 1 amide bonds. The van der Waals surface area contributed by atoms with E-state index < -0.39 is 5.41 Å². The fraction of sp³-hybridized carbons (Fsp3) is 0.350. The summed E-state index contributed by atoms with van der Waals surface area (Å²) in [6, 6.07) is 15.6. The summed E-state index contributed by atoms with van der Waals surface area (Å²) in [5, 5.41) is 7.10. The highest BCUT2D eigenvalue weighted by Gasteiger charge is 2.39. The van der Waals surface area contributed by atoms with E-state index in [0.717, 1.165) is 46.4 Å². The van der Waals surface area contributed by atoms with E-state index in [2.05, 4.69) is 10.6 Å². The number of benzene rings is 2. The van der Waals surface area contributed by atoms with Crippen molar-refractivity contribution in [3.8, 4) is 0 Å². The Labute approximate surface area is 163 Å². The predicted molar refractivity (Wildman–Crippen MR) is 107 cm³/mol. The monoisotopic (exact) mass is 390 g/mol. The summed E-state index contributed by atoms with van der Waals surface area (Å²) >= 11 is 7.81. The molecule has 138 valence electrons. The first-order valence-corrected chi connectivity index (χ1v) is 9.86. The molecular formula is C20H23ClN2O2S. The summed E-state index contributed by atoms with van der Waals surface area (Å²) in [4.78, 5) is 14.9. The van der Waals surface area contributed by atoms with Crippen LogP contribution in [0.15, 0.2) is 58.3 Å². The molecule has 1 saturated heterocycles. The Morgan fingerprint density at radius 1 is 1.19 bits per heavy atom. The lowest BCUT2D eigenvalue weighted by Crippen LogP contribution is -2.47. The molecule has 0 aliphatic carbocycles. The summed E-state index contributed by atoms with van der Waals surface area (Å²) in [6.07, 6.45) is 1.57. The van der Waals surface area contributed by atoms with Gasteiger partial charge in [-0.2, -0.15) is 0 Å². The Balaban J connectivity index is 1.66. The van der Waals surface area contributed by atoms with Crippen LogP contribution in [0.4, 0.5) is 5.69 Å². The Bertz CT molecular complexity index is 740. The van der Waals surface area contributed by atoms with Crippen LogP contribution in [0.2, 0.25) is 5.02 Å². The number of amides is 1. The smallest absolute Gasteiger partial charge is 0.233 e. The summed E-state index contributed by atoms with van der Waals surface area (Å²) in [5.41, 5.74) is 0.345. The maximum atomic E-state index is 12.9. The maximum Gasteiger partial charge on any atom is 0.233 e. The molecule has 2 N–H and O–H groups in total. The van der Waals surface area contributed by atoms with Crippen molar-refractivity contribution in [3.05, 3.63) is 53.6 Å². The number of methoxy groups -OCH3 is 1. The van der Waals surface area contributed by atoms with Gasteiger partial charge in [0.15, 0.2) is 0 Å². The molecule has 0 aromatic heterocycles. The van der Waals surface area contributed by atoms with Crippen LogP contribution in [0.3, 0.4) is 0 Å². The molecule has 26 heavy (non-hydrogen) atoms. The molecule has 1 fully saturated rings. The van der Waals surface area contributed by atoms with E-state index in [1.165, 1.54) is 0 Å². The summed E-state index contributed by atoms with van der Waals surface area (Å²) in [6.45, 7) is 2.12. The van der Waals surface area contributed by atoms with Gasteiger partial charge in [-0.15, -0.1) is 0 Å². The van der Waals surface area contributed by atoms with Crippen molar-refractivity contribution in [3.63, 3.8) is 0 Å². The molecule has 2 aromatic rings. The van der Waals surface area contributed by atoms with Crippen LogP contribution in [0.1, 0.15) is 12.8 Å². The van der Waals surface area contributed by atoms with Crippen LogP contribution in [-0.2, 0) is 9.53 Å². The van der Waals surface area contributed by atoms with Gasteiger partial charge < -0.3 is 15.4 Å². The van der Waals surface area contributed by atoms with Crippen LogP contribution in [0.25, 0.3) is 0 Å². The van der Waals surface area contributed by atoms with Crippen molar-refractivity contribution < 1.29 is 9.53 Å². The zero-order valence-electron chi connectivity index (χ0n) is 14.8. The van der Waals surface area contributed by atoms with Crippen molar-refractivity contribution in [2.24, 2.45) is 5.41 Å². The Morgan fingerprint density at radius 2 is 1.88 bits per heavy atom. The molecule has 0 bridgehead atoms. The molecule has 1 aliphatic heterocycles. The topological polar surface area (TPSA) is 50.4 Å². The van der Waals surface area contributed by atoms with Gasteiger partial charge in [-0.1, -0.05) is 35.5 Å². The molecule has 0 spiro atoms. The minimum absolute atomic E-state index is 0.0346. The molecule has 1 aliphatic rings. The van der Waals surface area contributed by atoms with E-state index in [9.17, 15) is 4.79 Å². The van der Waals surface area contributed by atoms with E-state index in [4.69, 9.17) is 16.3 Å². The summed E-state index contributed by atoms with van der Waals surface area (Å²) < 4.78 is 5.34. The third kappa shape index (κ3) is 4.60. The second kappa shape index (κ2) is 8.91. The Morgan fingerprint density at radius 3 is 2.54 bits per heavy atom. The van der Waals surface area contributed by atoms with E-state index in [1.54, 1.807) is 18.9 Å². The first-order chi connectivity index (χ1) is 12.6. The third-order valence-electron chi connectivity index (χ3n) is 4.64. The van der Waals surface area contributed by atoms with Gasteiger partial charge in [-0.25, -0.2) is 0 Å². The second-order valence-electron chi connectivity index (χ2n) is 6.47. The largest absolute Gasteiger partial charge is 0.384 e. The van der Waals surface area contributed by atoms with E-state index in [-0.39, 0.29) is 5.91 Å². The maximum absolute atomic E-state index is 12.9. The van der Waals surface area contributed by atoms with Crippen molar-refractivity contribution in [1.29, 1.82) is 0 Å². The molecular weight excluding hydrogens is 368 g/mol. The number of piperidine rings is 1. The summed E-state index contributed by atoms with van der Waals surface area (Å²) in [5.74, 6) is 0.0346. The van der Waals surface area contributed by atoms with Gasteiger partial charge in [0.1, 0.15) is 0 Å². The quantitative estimate of drug-likeness (QED) is 0.765. The number of anilines is 1. The highest BCUT2D eigenvalue weighted by atomic mass is 35.5. The lowest BCUT2D eigenvalue weighted by molar-refractivity contribution is -0.130. The predicted octanol–water partition coefficient (Wildman–Crippen LogP) is 4.45. The average molecular weight is 391 g/mol. The van der Waals surface area contributed by atoms with Crippen LogP contribution in [-0.4, -0.2) is 32.7 Å². The molecule has 3 rings (SSSR count). The molecule has 2 aromatic carbocycles. The second-order valence-corrected chi connectivity index (χ2v) is 8.00. The van der Waals surface area contributed by atoms with Crippen LogP contribution in [0.5, 0.6) is 0 Å². The number of rotatable bonds is 6. The minimum Gasteiger partial charge on any atom is -0.384 e. The number of carbonyl (C=O) groups is 1. The van der Waals surface area contributed by atoms with Gasteiger partial charge in [0.05, 0.1) is 17.0 Å². The highest BCUT2D eigenvalue weighted by Crippen LogP contribution is 2.34. The van der Waals surface area contributed by atoms with Crippen molar-refractivity contribution in [2.75, 3.05) is 32.1 Å². The van der Waals surface area contributed by atoms with Crippen LogP contribution >= 0.6 is 23.4 Å². The Kier molecular flexibility index (Phi) is 6.59. The number of hydrogen-bond acceptors (Lipinski definition) is 4. The number of nitrogens with one attached hydrogen (secondary N) is 2. The van der Waals surface area contributed by atoms with E-state index in [1.807, 2.05) is 48.5 Å². The first kappa shape index (κ1) is 19.2. The van der Waals surface area contributed by atoms with Gasteiger partial charge in [0.2, 0.25) is 5.91 Å². The van der Waals surface area contributed by atoms with Crippen molar-refractivity contribution in [1.82, 2.24) is 5.32 Å². The number of hydrogen-bond donors (Lipinski definition) is 2. The van der Waals surface area contributed by atoms with Gasteiger partial charge in [0, 0.05) is 22.6 Å². The van der Waals surface area contributed by atoms with E-state index >= 15 is 0 Å². The molecule has 4 nitrogen and oxygen atoms in total. The van der Waals surface area contributed by atoms with Gasteiger partial charge in [0.25, 0.3) is 0 Å².